The van der Waals surface area contributed by atoms with Crippen LogP contribution in [0.3, 0.4) is 0 Å². The Morgan fingerprint density at radius 1 is 1.47 bits per heavy atom. The molecule has 19 heavy (non-hydrogen) atoms. The fourth-order valence-corrected chi connectivity index (χ4v) is 2.09. The van der Waals surface area contributed by atoms with Crippen molar-refractivity contribution >= 4 is 16.7 Å². The fraction of sp³-hybridized carbons (Fsp3) is 0.750. The summed E-state index contributed by atoms with van der Waals surface area (Å²) in [5, 5.41) is 9.50. The maximum atomic E-state index is 11.9. The molecule has 1 aromatic rings. The summed E-state index contributed by atoms with van der Waals surface area (Å²) in [6.07, 6.45) is 2.32. The van der Waals surface area contributed by atoms with E-state index in [1.54, 1.807) is 6.26 Å². The van der Waals surface area contributed by atoms with Gasteiger partial charge in [-0.05, 0) is 13.3 Å². The molecule has 1 amide bonds. The smallest absolute Gasteiger partial charge is 0.291 e. The number of amides is 1. The first-order valence-corrected chi connectivity index (χ1v) is 7.96. The van der Waals surface area contributed by atoms with Crippen molar-refractivity contribution in [1.29, 1.82) is 0 Å². The molecule has 0 saturated heterocycles. The normalized spacial score (nSPS) is 15.0. The topological polar surface area (TPSA) is 87.7 Å². The van der Waals surface area contributed by atoms with Crippen molar-refractivity contribution in [3.05, 3.63) is 11.6 Å². The Labute approximate surface area is 116 Å². The van der Waals surface area contributed by atoms with Gasteiger partial charge in [-0.1, -0.05) is 20.8 Å². The number of carbonyl (C=O) groups is 1. The van der Waals surface area contributed by atoms with Crippen molar-refractivity contribution in [2.75, 3.05) is 12.0 Å². The van der Waals surface area contributed by atoms with E-state index in [1.807, 2.05) is 27.7 Å². The Bertz CT molecular complexity index is 465. The average Bonchev–Trinajstić information content (AvgIpc) is 2.75. The van der Waals surface area contributed by atoms with Gasteiger partial charge in [-0.25, -0.2) is 4.98 Å². The molecule has 0 aliphatic rings. The third-order valence-electron chi connectivity index (χ3n) is 2.61. The predicted octanol–water partition coefficient (Wildman–Crippen LogP) is 0.989. The fourth-order valence-electron chi connectivity index (χ4n) is 1.40. The van der Waals surface area contributed by atoms with Crippen molar-refractivity contribution in [3.63, 3.8) is 0 Å². The summed E-state index contributed by atoms with van der Waals surface area (Å²) < 4.78 is 11.0. The molecule has 1 aromatic heterocycles. The molecule has 0 radical (unpaired) electrons. The molecule has 0 aliphatic carbocycles. The summed E-state index contributed by atoms with van der Waals surface area (Å²) in [4.78, 5) is 16.1. The third kappa shape index (κ3) is 5.10. The van der Waals surface area contributed by atoms with E-state index in [4.69, 9.17) is 0 Å². The molecule has 0 fully saturated rings. The van der Waals surface area contributed by atoms with Crippen LogP contribution in [0.25, 0.3) is 0 Å². The molecule has 1 rings (SSSR count). The first-order valence-electron chi connectivity index (χ1n) is 6.24. The summed E-state index contributed by atoms with van der Waals surface area (Å²) in [7, 11) is -0.842. The Morgan fingerprint density at radius 3 is 2.58 bits per heavy atom. The number of nitrogens with zero attached hydrogens (tertiary/aromatic N) is 2. The Kier molecular flexibility index (Phi) is 5.22. The van der Waals surface area contributed by atoms with E-state index in [-0.39, 0.29) is 23.2 Å². The quantitative estimate of drug-likeness (QED) is 0.845. The number of rotatable bonds is 5. The van der Waals surface area contributed by atoms with E-state index in [0.29, 0.717) is 18.0 Å². The van der Waals surface area contributed by atoms with E-state index in [1.165, 1.54) is 0 Å². The maximum Gasteiger partial charge on any atom is 0.291 e. The lowest BCUT2D eigenvalue weighted by Gasteiger charge is -2.13. The van der Waals surface area contributed by atoms with Gasteiger partial charge in [0.1, 0.15) is 5.82 Å². The zero-order chi connectivity index (χ0) is 14.6. The Hall–Kier alpha value is -1.24. The third-order valence-corrected chi connectivity index (χ3v) is 3.43. The average molecular weight is 286 g/mol. The number of aromatic nitrogens is 3. The molecule has 7 heteroatoms. The second-order valence-electron chi connectivity index (χ2n) is 5.70. The van der Waals surface area contributed by atoms with E-state index >= 15 is 0 Å². The van der Waals surface area contributed by atoms with Crippen LogP contribution in [0.4, 0.5) is 0 Å². The summed E-state index contributed by atoms with van der Waals surface area (Å²) in [5.74, 6) is 1.10. The standard InChI is InChI=1S/C12H22N4O2S/c1-8(6-7-19(5)18)13-10(17)9-14-11(16-15-9)12(2,3)4/h8H,6-7H2,1-5H3,(H,13,17)(H,14,15,16). The molecular formula is C12H22N4O2S. The van der Waals surface area contributed by atoms with E-state index in [9.17, 15) is 9.00 Å². The highest BCUT2D eigenvalue weighted by molar-refractivity contribution is 7.84. The van der Waals surface area contributed by atoms with Crippen LogP contribution >= 0.6 is 0 Å². The van der Waals surface area contributed by atoms with Crippen LogP contribution in [0.2, 0.25) is 0 Å². The molecule has 0 saturated carbocycles. The van der Waals surface area contributed by atoms with Gasteiger partial charge in [0.25, 0.3) is 5.91 Å². The molecule has 2 unspecified atom stereocenters. The first-order chi connectivity index (χ1) is 8.70. The van der Waals surface area contributed by atoms with Crippen molar-refractivity contribution in [2.24, 2.45) is 0 Å². The molecule has 0 bridgehead atoms. The van der Waals surface area contributed by atoms with Gasteiger partial charge in [0, 0.05) is 34.3 Å². The summed E-state index contributed by atoms with van der Waals surface area (Å²) in [5.41, 5.74) is -0.170. The molecule has 1 heterocycles. The van der Waals surface area contributed by atoms with E-state index < -0.39 is 10.8 Å². The van der Waals surface area contributed by atoms with Crippen LogP contribution in [-0.4, -0.2) is 43.3 Å². The number of nitrogens with one attached hydrogen (secondary N) is 2. The molecule has 2 N–H and O–H groups in total. The predicted molar refractivity (Wildman–Crippen MR) is 75.6 cm³/mol. The molecule has 108 valence electrons. The highest BCUT2D eigenvalue weighted by Gasteiger charge is 2.21. The van der Waals surface area contributed by atoms with Gasteiger partial charge >= 0.3 is 0 Å². The Balaban J connectivity index is 2.58. The van der Waals surface area contributed by atoms with Crippen LogP contribution in [0.5, 0.6) is 0 Å². The lowest BCUT2D eigenvalue weighted by Crippen LogP contribution is -2.34. The molecule has 6 nitrogen and oxygen atoms in total. The van der Waals surface area contributed by atoms with Gasteiger partial charge in [-0.15, -0.1) is 5.10 Å². The van der Waals surface area contributed by atoms with Gasteiger partial charge in [0.05, 0.1) is 0 Å². The van der Waals surface area contributed by atoms with Crippen LogP contribution < -0.4 is 5.32 Å². The van der Waals surface area contributed by atoms with Crippen LogP contribution in [0, 0.1) is 0 Å². The minimum Gasteiger partial charge on any atom is -0.347 e. The van der Waals surface area contributed by atoms with E-state index in [0.717, 1.165) is 0 Å². The second kappa shape index (κ2) is 6.27. The zero-order valence-electron chi connectivity index (χ0n) is 12.1. The van der Waals surface area contributed by atoms with Crippen LogP contribution in [0.1, 0.15) is 50.6 Å². The van der Waals surface area contributed by atoms with Gasteiger partial charge in [0.15, 0.2) is 0 Å². The van der Waals surface area contributed by atoms with Crippen LogP contribution in [0.15, 0.2) is 0 Å². The van der Waals surface area contributed by atoms with Crippen molar-refractivity contribution in [1.82, 2.24) is 20.5 Å². The number of hydrogen-bond donors (Lipinski definition) is 2. The van der Waals surface area contributed by atoms with Crippen molar-refractivity contribution in [3.8, 4) is 0 Å². The van der Waals surface area contributed by atoms with E-state index in [2.05, 4.69) is 20.5 Å². The lowest BCUT2D eigenvalue weighted by atomic mass is 9.96. The number of H-pyrrole nitrogens is 1. The minimum atomic E-state index is -0.842. The second-order valence-corrected chi connectivity index (χ2v) is 7.25. The SMILES string of the molecule is CC(CCS(C)=O)NC(=O)c1n[nH]c(C(C)(C)C)n1. The highest BCUT2D eigenvalue weighted by atomic mass is 32.2. The van der Waals surface area contributed by atoms with Crippen LogP contribution in [-0.2, 0) is 16.2 Å². The molecule has 0 aliphatic heterocycles. The molecule has 2 atom stereocenters. The molecular weight excluding hydrogens is 264 g/mol. The number of hydrogen-bond acceptors (Lipinski definition) is 4. The zero-order valence-corrected chi connectivity index (χ0v) is 12.9. The maximum absolute atomic E-state index is 11.9. The Morgan fingerprint density at radius 2 is 2.11 bits per heavy atom. The lowest BCUT2D eigenvalue weighted by molar-refractivity contribution is 0.0929. The molecule has 0 spiro atoms. The van der Waals surface area contributed by atoms with Crippen molar-refractivity contribution < 1.29 is 9.00 Å². The summed E-state index contributed by atoms with van der Waals surface area (Å²) in [6.45, 7) is 7.86. The van der Waals surface area contributed by atoms with Gasteiger partial charge in [0.2, 0.25) is 5.82 Å². The number of aromatic amines is 1. The summed E-state index contributed by atoms with van der Waals surface area (Å²) >= 11 is 0. The minimum absolute atomic E-state index is 0.0482. The highest BCUT2D eigenvalue weighted by Crippen LogP contribution is 2.17. The number of carbonyl (C=O) groups excluding carboxylic acids is 1. The van der Waals surface area contributed by atoms with Crippen molar-refractivity contribution in [2.45, 2.75) is 45.6 Å². The molecule has 0 aromatic carbocycles. The summed E-state index contributed by atoms with van der Waals surface area (Å²) in [6, 6.07) is -0.0482. The van der Waals surface area contributed by atoms with Gasteiger partial charge < -0.3 is 5.32 Å². The first kappa shape index (κ1) is 15.8. The largest absolute Gasteiger partial charge is 0.347 e. The van der Waals surface area contributed by atoms with Gasteiger partial charge in [-0.2, -0.15) is 0 Å². The monoisotopic (exact) mass is 286 g/mol. The van der Waals surface area contributed by atoms with Gasteiger partial charge in [-0.3, -0.25) is 14.1 Å².